The summed E-state index contributed by atoms with van der Waals surface area (Å²) in [5.41, 5.74) is 1.26. The van der Waals surface area contributed by atoms with Crippen LogP contribution in [-0.2, 0) is 6.42 Å². The van der Waals surface area contributed by atoms with Crippen molar-refractivity contribution in [2.45, 2.75) is 6.42 Å². The van der Waals surface area contributed by atoms with Crippen LogP contribution in [0.2, 0.25) is 0 Å². The lowest BCUT2D eigenvalue weighted by atomic mass is 10.1. The molecule has 6 nitrogen and oxygen atoms in total. The first-order valence-electron chi connectivity index (χ1n) is 7.57. The molecule has 0 bridgehead atoms. The molecule has 1 aromatic heterocycles. The molecule has 0 spiro atoms. The van der Waals surface area contributed by atoms with Gasteiger partial charge in [-0.3, -0.25) is 9.59 Å². The van der Waals surface area contributed by atoms with E-state index in [0.29, 0.717) is 23.9 Å². The number of methoxy groups -OCH3 is 1. The maximum absolute atomic E-state index is 12.2. The molecule has 24 heavy (non-hydrogen) atoms. The minimum atomic E-state index is -0.397. The van der Waals surface area contributed by atoms with E-state index >= 15 is 0 Å². The van der Waals surface area contributed by atoms with Crippen LogP contribution in [0.3, 0.4) is 0 Å². The molecule has 2 N–H and O–H groups in total. The number of benzene rings is 2. The first kappa shape index (κ1) is 15.7. The van der Waals surface area contributed by atoms with Gasteiger partial charge in [-0.05, 0) is 36.2 Å². The van der Waals surface area contributed by atoms with Crippen LogP contribution in [0.1, 0.15) is 16.2 Å². The van der Waals surface area contributed by atoms with Crippen molar-refractivity contribution in [1.82, 2.24) is 15.3 Å². The number of hydrogen-bond donors (Lipinski definition) is 2. The molecule has 0 atom stereocenters. The van der Waals surface area contributed by atoms with Gasteiger partial charge in [-0.2, -0.15) is 0 Å². The molecule has 0 saturated carbocycles. The summed E-state index contributed by atoms with van der Waals surface area (Å²) in [5, 5.41) is 3.23. The molecule has 0 unspecified atom stereocenters. The average molecular weight is 323 g/mol. The van der Waals surface area contributed by atoms with Gasteiger partial charge in [0.15, 0.2) is 5.82 Å². The highest BCUT2D eigenvalue weighted by Crippen LogP contribution is 2.11. The number of hydrogen-bond acceptors (Lipinski definition) is 4. The molecule has 0 radical (unpaired) electrons. The Kier molecular flexibility index (Phi) is 4.56. The molecule has 122 valence electrons. The van der Waals surface area contributed by atoms with Crippen LogP contribution < -0.4 is 15.6 Å². The summed E-state index contributed by atoms with van der Waals surface area (Å²) in [4.78, 5) is 30.9. The third-order valence-electron chi connectivity index (χ3n) is 3.69. The van der Waals surface area contributed by atoms with Crippen molar-refractivity contribution in [2.24, 2.45) is 0 Å². The fourth-order valence-corrected chi connectivity index (χ4v) is 2.39. The highest BCUT2D eigenvalue weighted by atomic mass is 16.5. The topological polar surface area (TPSA) is 84.1 Å². The van der Waals surface area contributed by atoms with Crippen LogP contribution in [0.25, 0.3) is 10.9 Å². The quantitative estimate of drug-likeness (QED) is 0.751. The lowest BCUT2D eigenvalue weighted by Crippen LogP contribution is -2.29. The first-order valence-corrected chi connectivity index (χ1v) is 7.57. The standard InChI is InChI=1S/C18H17N3O3/c1-24-13-8-6-12(7-9-13)10-11-19-18(23)16-20-15-5-3-2-4-14(15)17(22)21-16/h2-9H,10-11H2,1H3,(H,19,23)(H,20,21,22). The van der Waals surface area contributed by atoms with Crippen LogP contribution in [0.15, 0.2) is 53.3 Å². The fourth-order valence-electron chi connectivity index (χ4n) is 2.39. The Balaban J connectivity index is 1.65. The van der Waals surface area contributed by atoms with Gasteiger partial charge >= 0.3 is 0 Å². The van der Waals surface area contributed by atoms with Gasteiger partial charge in [-0.25, -0.2) is 4.98 Å². The fraction of sp³-hybridized carbons (Fsp3) is 0.167. The van der Waals surface area contributed by atoms with Crippen molar-refractivity contribution >= 4 is 16.8 Å². The van der Waals surface area contributed by atoms with Gasteiger partial charge in [0.2, 0.25) is 0 Å². The zero-order chi connectivity index (χ0) is 16.9. The van der Waals surface area contributed by atoms with Crippen molar-refractivity contribution in [3.8, 4) is 5.75 Å². The number of H-pyrrole nitrogens is 1. The van der Waals surface area contributed by atoms with Crippen molar-refractivity contribution in [3.05, 3.63) is 70.3 Å². The van der Waals surface area contributed by atoms with Gasteiger partial charge in [0.1, 0.15) is 5.75 Å². The largest absolute Gasteiger partial charge is 0.497 e. The Bertz CT molecular complexity index is 917. The molecular weight excluding hydrogens is 306 g/mol. The van der Waals surface area contributed by atoms with E-state index in [1.54, 1.807) is 31.4 Å². The minimum absolute atomic E-state index is 0.0217. The summed E-state index contributed by atoms with van der Waals surface area (Å²) in [6.07, 6.45) is 0.674. The maximum Gasteiger partial charge on any atom is 0.287 e. The molecule has 1 amide bonds. The number of para-hydroxylation sites is 1. The van der Waals surface area contributed by atoms with Gasteiger partial charge < -0.3 is 15.0 Å². The summed E-state index contributed by atoms with van der Waals surface area (Å²) in [7, 11) is 1.62. The number of aromatic nitrogens is 2. The monoisotopic (exact) mass is 323 g/mol. The number of ether oxygens (including phenoxy) is 1. The van der Waals surface area contributed by atoms with E-state index in [1.807, 2.05) is 24.3 Å². The molecule has 1 heterocycles. The third-order valence-corrected chi connectivity index (χ3v) is 3.69. The Morgan fingerprint density at radius 2 is 1.92 bits per heavy atom. The molecule has 0 aliphatic carbocycles. The van der Waals surface area contributed by atoms with Gasteiger partial charge in [-0.1, -0.05) is 24.3 Å². The average Bonchev–Trinajstić information content (AvgIpc) is 2.62. The molecule has 0 saturated heterocycles. The molecule has 0 fully saturated rings. The number of nitrogens with one attached hydrogen (secondary N) is 2. The molecular formula is C18H17N3O3. The maximum atomic E-state index is 12.2. The second-order valence-corrected chi connectivity index (χ2v) is 5.29. The van der Waals surface area contributed by atoms with Crippen molar-refractivity contribution in [2.75, 3.05) is 13.7 Å². The Morgan fingerprint density at radius 3 is 2.67 bits per heavy atom. The second kappa shape index (κ2) is 6.95. The molecule has 0 aliphatic rings. The van der Waals surface area contributed by atoms with E-state index in [2.05, 4.69) is 15.3 Å². The number of rotatable bonds is 5. The summed E-state index contributed by atoms with van der Waals surface area (Å²) in [5.74, 6) is 0.417. The van der Waals surface area contributed by atoms with Crippen molar-refractivity contribution < 1.29 is 9.53 Å². The molecule has 0 aliphatic heterocycles. The second-order valence-electron chi connectivity index (χ2n) is 5.29. The van der Waals surface area contributed by atoms with Crippen LogP contribution in [0.4, 0.5) is 0 Å². The summed E-state index contributed by atoms with van der Waals surface area (Å²) in [6, 6.07) is 14.6. The first-order chi connectivity index (χ1) is 11.7. The third kappa shape index (κ3) is 3.43. The predicted octanol–water partition coefficient (Wildman–Crippen LogP) is 1.90. The number of fused-ring (bicyclic) bond motifs is 1. The van der Waals surface area contributed by atoms with E-state index in [-0.39, 0.29) is 11.4 Å². The van der Waals surface area contributed by atoms with Crippen LogP contribution in [0.5, 0.6) is 5.75 Å². The highest BCUT2D eigenvalue weighted by molar-refractivity contribution is 5.92. The Labute approximate surface area is 138 Å². The van der Waals surface area contributed by atoms with Crippen LogP contribution >= 0.6 is 0 Å². The minimum Gasteiger partial charge on any atom is -0.497 e. The summed E-state index contributed by atoms with van der Waals surface area (Å²) < 4.78 is 5.10. The van der Waals surface area contributed by atoms with Crippen molar-refractivity contribution in [1.29, 1.82) is 0 Å². The van der Waals surface area contributed by atoms with Gasteiger partial charge in [-0.15, -0.1) is 0 Å². The molecule has 3 rings (SSSR count). The zero-order valence-electron chi connectivity index (χ0n) is 13.2. The van der Waals surface area contributed by atoms with E-state index in [4.69, 9.17) is 4.74 Å². The Morgan fingerprint density at radius 1 is 1.17 bits per heavy atom. The summed E-state index contributed by atoms with van der Waals surface area (Å²) in [6.45, 7) is 0.446. The number of aromatic amines is 1. The smallest absolute Gasteiger partial charge is 0.287 e. The molecule has 6 heteroatoms. The van der Waals surface area contributed by atoms with Crippen molar-refractivity contribution in [3.63, 3.8) is 0 Å². The number of carbonyl (C=O) groups excluding carboxylic acids is 1. The van der Waals surface area contributed by atoms with Crippen LogP contribution in [-0.4, -0.2) is 29.5 Å². The SMILES string of the molecule is COc1ccc(CCNC(=O)c2nc3ccccc3c(=O)[nH]2)cc1. The number of carbonyl (C=O) groups is 1. The van der Waals surface area contributed by atoms with Gasteiger partial charge in [0, 0.05) is 6.54 Å². The normalized spacial score (nSPS) is 10.5. The van der Waals surface area contributed by atoms with Gasteiger partial charge in [0.25, 0.3) is 11.5 Å². The number of amides is 1. The highest BCUT2D eigenvalue weighted by Gasteiger charge is 2.10. The van der Waals surface area contributed by atoms with E-state index in [1.165, 1.54) is 0 Å². The van der Waals surface area contributed by atoms with Gasteiger partial charge in [0.05, 0.1) is 18.0 Å². The van der Waals surface area contributed by atoms with E-state index < -0.39 is 5.91 Å². The Hall–Kier alpha value is -3.15. The predicted molar refractivity (Wildman–Crippen MR) is 91.4 cm³/mol. The van der Waals surface area contributed by atoms with E-state index in [9.17, 15) is 9.59 Å². The summed E-state index contributed by atoms with van der Waals surface area (Å²) >= 11 is 0. The van der Waals surface area contributed by atoms with E-state index in [0.717, 1.165) is 11.3 Å². The molecule has 3 aromatic rings. The molecule has 2 aromatic carbocycles. The lowest BCUT2D eigenvalue weighted by molar-refractivity contribution is 0.0944. The zero-order valence-corrected chi connectivity index (χ0v) is 13.2. The van der Waals surface area contributed by atoms with Crippen LogP contribution in [0, 0.1) is 0 Å². The number of nitrogens with zero attached hydrogens (tertiary/aromatic N) is 1. The lowest BCUT2D eigenvalue weighted by Gasteiger charge is -2.06.